The van der Waals surface area contributed by atoms with Gasteiger partial charge < -0.3 is 0 Å². The molecule has 6 heteroatoms. The van der Waals surface area contributed by atoms with Crippen molar-refractivity contribution >= 4 is 27.3 Å². The Morgan fingerprint density at radius 2 is 2.07 bits per heavy atom. The van der Waals surface area contributed by atoms with Crippen molar-refractivity contribution in [3.8, 4) is 0 Å². The number of rotatable bonds is 4. The minimum absolute atomic E-state index is 0.00360. The lowest BCUT2D eigenvalue weighted by molar-refractivity contribution is 0.602. The molecule has 0 aliphatic rings. The van der Waals surface area contributed by atoms with Gasteiger partial charge >= 0.3 is 0 Å². The lowest BCUT2D eigenvalue weighted by atomic mass is 10.2. The fourth-order valence-corrected chi connectivity index (χ4v) is 2.52. The maximum Gasteiger partial charge on any atom is 0.233 e. The summed E-state index contributed by atoms with van der Waals surface area (Å²) < 4.78 is 37.8. The zero-order valence-corrected chi connectivity index (χ0v) is 9.70. The largest absolute Gasteiger partial charge is 0.283 e. The van der Waals surface area contributed by atoms with Crippen LogP contribution in [0.5, 0.6) is 0 Å². The monoisotopic (exact) mass is 251 g/mol. The number of nitrogens with one attached hydrogen (secondary N) is 1. The van der Waals surface area contributed by atoms with Gasteiger partial charge in [-0.3, -0.25) is 4.72 Å². The van der Waals surface area contributed by atoms with E-state index in [0.717, 1.165) is 6.07 Å². The SMILES string of the molecule is Cc1cc(F)cc(NS(=O)(=O)CCCl)c1. The number of hydrogen-bond acceptors (Lipinski definition) is 2. The van der Waals surface area contributed by atoms with E-state index in [4.69, 9.17) is 11.6 Å². The first-order chi connectivity index (χ1) is 6.93. The number of hydrogen-bond donors (Lipinski definition) is 1. The zero-order chi connectivity index (χ0) is 11.5. The molecule has 0 atom stereocenters. The van der Waals surface area contributed by atoms with Crippen molar-refractivity contribution in [3.63, 3.8) is 0 Å². The molecule has 0 fully saturated rings. The Balaban J connectivity index is 2.90. The molecule has 0 spiro atoms. The van der Waals surface area contributed by atoms with Crippen LogP contribution in [0, 0.1) is 12.7 Å². The summed E-state index contributed by atoms with van der Waals surface area (Å²) >= 11 is 5.32. The number of alkyl halides is 1. The van der Waals surface area contributed by atoms with Crippen molar-refractivity contribution in [3.05, 3.63) is 29.6 Å². The smallest absolute Gasteiger partial charge is 0.233 e. The summed E-state index contributed by atoms with van der Waals surface area (Å²) in [6, 6.07) is 3.99. The van der Waals surface area contributed by atoms with Crippen LogP contribution in [0.1, 0.15) is 5.56 Å². The second kappa shape index (κ2) is 4.81. The van der Waals surface area contributed by atoms with Gasteiger partial charge in [-0.1, -0.05) is 0 Å². The minimum Gasteiger partial charge on any atom is -0.283 e. The summed E-state index contributed by atoms with van der Waals surface area (Å²) in [6.07, 6.45) is 0. The van der Waals surface area contributed by atoms with Crippen molar-refractivity contribution in [2.45, 2.75) is 6.92 Å². The molecule has 0 saturated carbocycles. The summed E-state index contributed by atoms with van der Waals surface area (Å²) in [5, 5.41) is 0. The quantitative estimate of drug-likeness (QED) is 0.834. The van der Waals surface area contributed by atoms with Gasteiger partial charge in [0.05, 0.1) is 11.4 Å². The third-order valence-corrected chi connectivity index (χ3v) is 3.36. The molecule has 1 rings (SSSR count). The van der Waals surface area contributed by atoms with E-state index in [2.05, 4.69) is 4.72 Å². The lowest BCUT2D eigenvalue weighted by Crippen LogP contribution is -2.17. The Morgan fingerprint density at radius 3 is 2.60 bits per heavy atom. The van der Waals surface area contributed by atoms with Gasteiger partial charge in [0.15, 0.2) is 0 Å². The summed E-state index contributed by atoms with van der Waals surface area (Å²) in [4.78, 5) is 0. The molecule has 3 nitrogen and oxygen atoms in total. The lowest BCUT2D eigenvalue weighted by Gasteiger charge is -2.07. The van der Waals surface area contributed by atoms with Crippen molar-refractivity contribution < 1.29 is 12.8 Å². The first kappa shape index (κ1) is 12.3. The van der Waals surface area contributed by atoms with Crippen LogP contribution in [-0.2, 0) is 10.0 Å². The summed E-state index contributed by atoms with van der Waals surface area (Å²) in [5.41, 5.74) is 0.871. The van der Waals surface area contributed by atoms with E-state index < -0.39 is 15.8 Å². The molecule has 0 saturated heterocycles. The highest BCUT2D eigenvalue weighted by atomic mass is 35.5. The van der Waals surface area contributed by atoms with Crippen LogP contribution < -0.4 is 4.72 Å². The van der Waals surface area contributed by atoms with Crippen LogP contribution >= 0.6 is 11.6 Å². The number of halogens is 2. The van der Waals surface area contributed by atoms with Crippen LogP contribution in [0.2, 0.25) is 0 Å². The highest BCUT2D eigenvalue weighted by Gasteiger charge is 2.09. The Morgan fingerprint density at radius 1 is 1.40 bits per heavy atom. The summed E-state index contributed by atoms with van der Waals surface area (Å²) in [7, 11) is -3.47. The predicted molar refractivity (Wildman–Crippen MR) is 59.3 cm³/mol. The molecule has 1 aromatic carbocycles. The van der Waals surface area contributed by atoms with E-state index in [1.54, 1.807) is 13.0 Å². The molecule has 0 amide bonds. The van der Waals surface area contributed by atoms with E-state index in [1.165, 1.54) is 6.07 Å². The van der Waals surface area contributed by atoms with Crippen molar-refractivity contribution in [2.24, 2.45) is 0 Å². The molecular formula is C9H11ClFNO2S. The van der Waals surface area contributed by atoms with Gasteiger partial charge in [0.1, 0.15) is 5.82 Å². The van der Waals surface area contributed by atoms with Gasteiger partial charge in [0.25, 0.3) is 0 Å². The third-order valence-electron chi connectivity index (χ3n) is 1.66. The molecule has 1 aromatic rings. The van der Waals surface area contributed by atoms with Gasteiger partial charge in [-0.2, -0.15) is 0 Å². The maximum absolute atomic E-state index is 12.9. The first-order valence-corrected chi connectivity index (χ1v) is 6.45. The van der Waals surface area contributed by atoms with Crippen LogP contribution in [0.4, 0.5) is 10.1 Å². The molecule has 0 unspecified atom stereocenters. The molecular weight excluding hydrogens is 241 g/mol. The predicted octanol–water partition coefficient (Wildman–Crippen LogP) is 2.11. The van der Waals surface area contributed by atoms with Crippen molar-refractivity contribution in [2.75, 3.05) is 16.4 Å². The molecule has 1 N–H and O–H groups in total. The van der Waals surface area contributed by atoms with E-state index in [9.17, 15) is 12.8 Å². The Labute approximate surface area is 93.3 Å². The molecule has 0 bridgehead atoms. The van der Waals surface area contributed by atoms with Crippen LogP contribution in [0.3, 0.4) is 0 Å². The molecule has 84 valence electrons. The average molecular weight is 252 g/mol. The van der Waals surface area contributed by atoms with E-state index >= 15 is 0 Å². The molecule has 0 aliphatic carbocycles. The standard InChI is InChI=1S/C9H11ClFNO2S/c1-7-4-8(11)6-9(5-7)12-15(13,14)3-2-10/h4-6,12H,2-3H2,1H3. The van der Waals surface area contributed by atoms with Crippen molar-refractivity contribution in [1.82, 2.24) is 0 Å². The molecule has 0 radical (unpaired) electrons. The zero-order valence-electron chi connectivity index (χ0n) is 8.13. The Hall–Kier alpha value is -0.810. The molecule has 0 aromatic heterocycles. The average Bonchev–Trinajstić information content (AvgIpc) is 1.99. The van der Waals surface area contributed by atoms with Gasteiger partial charge in [0.2, 0.25) is 10.0 Å². The highest BCUT2D eigenvalue weighted by Crippen LogP contribution is 2.14. The fourth-order valence-electron chi connectivity index (χ4n) is 1.13. The number of benzene rings is 1. The second-order valence-corrected chi connectivity index (χ2v) is 5.35. The molecule has 0 aliphatic heterocycles. The van der Waals surface area contributed by atoms with Crippen LogP contribution in [-0.4, -0.2) is 20.1 Å². The van der Waals surface area contributed by atoms with Gasteiger partial charge in [0, 0.05) is 5.88 Å². The van der Waals surface area contributed by atoms with Gasteiger partial charge in [-0.05, 0) is 30.7 Å². The number of aryl methyl sites for hydroxylation is 1. The third kappa shape index (κ3) is 4.05. The molecule has 15 heavy (non-hydrogen) atoms. The summed E-state index contributed by atoms with van der Waals surface area (Å²) in [6.45, 7) is 1.68. The van der Waals surface area contributed by atoms with Crippen LogP contribution in [0.25, 0.3) is 0 Å². The topological polar surface area (TPSA) is 46.2 Å². The molecule has 0 heterocycles. The number of sulfonamides is 1. The number of anilines is 1. The van der Waals surface area contributed by atoms with E-state index in [1.807, 2.05) is 0 Å². The van der Waals surface area contributed by atoms with E-state index in [0.29, 0.717) is 5.56 Å². The van der Waals surface area contributed by atoms with E-state index in [-0.39, 0.29) is 17.3 Å². The normalized spacial score (nSPS) is 11.4. The van der Waals surface area contributed by atoms with Crippen LogP contribution in [0.15, 0.2) is 18.2 Å². The van der Waals surface area contributed by atoms with Gasteiger partial charge in [-0.25, -0.2) is 12.8 Å². The first-order valence-electron chi connectivity index (χ1n) is 4.26. The fraction of sp³-hybridized carbons (Fsp3) is 0.333. The summed E-state index contributed by atoms with van der Waals surface area (Å²) in [5.74, 6) is -0.660. The Bertz CT molecular complexity index is 427. The minimum atomic E-state index is -3.47. The Kier molecular flexibility index (Phi) is 3.93. The second-order valence-electron chi connectivity index (χ2n) is 3.13. The van der Waals surface area contributed by atoms with Gasteiger partial charge in [-0.15, -0.1) is 11.6 Å². The highest BCUT2D eigenvalue weighted by molar-refractivity contribution is 7.92. The maximum atomic E-state index is 12.9. The van der Waals surface area contributed by atoms with Crippen molar-refractivity contribution in [1.29, 1.82) is 0 Å².